The molecular formula is C26H22F2O3. The molecule has 0 saturated heterocycles. The summed E-state index contributed by atoms with van der Waals surface area (Å²) in [6, 6.07) is 16.0. The van der Waals surface area contributed by atoms with Crippen molar-refractivity contribution in [1.82, 2.24) is 0 Å². The Morgan fingerprint density at radius 3 is 1.65 bits per heavy atom. The lowest BCUT2D eigenvalue weighted by atomic mass is 9.98. The Hall–Kier alpha value is -3.73. The molecule has 0 fully saturated rings. The van der Waals surface area contributed by atoms with E-state index in [-0.39, 0.29) is 16.7 Å². The fourth-order valence-electron chi connectivity index (χ4n) is 2.83. The third-order valence-electron chi connectivity index (χ3n) is 4.46. The number of carbonyl (C=O) groups is 1. The number of benzene rings is 3. The zero-order valence-corrected chi connectivity index (χ0v) is 17.4. The second kappa shape index (κ2) is 9.39. The standard InChI is InChI=1S/C26H22F2O3/c1-16(2)15-30-20-9-5-18(6-10-20)22-13-14-23(25(28)24(22)27)19-7-11-21(12-8-19)31-26(29)17(3)4/h5-14H,1,3,15H2,2,4H3. The number of hydrogen-bond donors (Lipinski definition) is 0. The Kier molecular flexibility index (Phi) is 6.65. The van der Waals surface area contributed by atoms with Gasteiger partial charge in [0, 0.05) is 16.7 Å². The summed E-state index contributed by atoms with van der Waals surface area (Å²) in [5, 5.41) is 0. The van der Waals surface area contributed by atoms with Crippen molar-refractivity contribution in [2.24, 2.45) is 0 Å². The first-order chi connectivity index (χ1) is 14.8. The molecule has 0 aromatic heterocycles. The average Bonchev–Trinajstić information content (AvgIpc) is 2.75. The summed E-state index contributed by atoms with van der Waals surface area (Å²) >= 11 is 0. The number of rotatable bonds is 7. The highest BCUT2D eigenvalue weighted by Crippen LogP contribution is 2.33. The van der Waals surface area contributed by atoms with Gasteiger partial charge in [0.1, 0.15) is 18.1 Å². The Labute approximate surface area is 180 Å². The molecule has 3 nitrogen and oxygen atoms in total. The van der Waals surface area contributed by atoms with E-state index >= 15 is 0 Å². The van der Waals surface area contributed by atoms with Crippen LogP contribution in [0.1, 0.15) is 13.8 Å². The average molecular weight is 420 g/mol. The monoisotopic (exact) mass is 420 g/mol. The van der Waals surface area contributed by atoms with Crippen molar-refractivity contribution in [1.29, 1.82) is 0 Å². The molecule has 3 aromatic rings. The van der Waals surface area contributed by atoms with E-state index in [2.05, 4.69) is 13.2 Å². The van der Waals surface area contributed by atoms with Gasteiger partial charge in [0.25, 0.3) is 0 Å². The van der Waals surface area contributed by atoms with Gasteiger partial charge >= 0.3 is 5.97 Å². The predicted molar refractivity (Wildman–Crippen MR) is 118 cm³/mol. The Morgan fingerprint density at radius 2 is 1.23 bits per heavy atom. The van der Waals surface area contributed by atoms with Crippen LogP contribution in [0.4, 0.5) is 8.78 Å². The van der Waals surface area contributed by atoms with E-state index in [1.807, 2.05) is 6.92 Å². The first-order valence-electron chi connectivity index (χ1n) is 9.60. The minimum absolute atomic E-state index is 0.112. The molecule has 0 aliphatic heterocycles. The van der Waals surface area contributed by atoms with E-state index in [1.165, 1.54) is 24.3 Å². The maximum Gasteiger partial charge on any atom is 0.338 e. The van der Waals surface area contributed by atoms with Crippen LogP contribution in [0.3, 0.4) is 0 Å². The van der Waals surface area contributed by atoms with Crippen LogP contribution in [0, 0.1) is 11.6 Å². The van der Waals surface area contributed by atoms with Crippen molar-refractivity contribution in [2.75, 3.05) is 6.61 Å². The van der Waals surface area contributed by atoms with Gasteiger partial charge in [-0.15, -0.1) is 0 Å². The van der Waals surface area contributed by atoms with Crippen LogP contribution in [0.25, 0.3) is 22.3 Å². The molecule has 0 aliphatic rings. The highest BCUT2D eigenvalue weighted by molar-refractivity contribution is 5.88. The van der Waals surface area contributed by atoms with Crippen LogP contribution in [0.15, 0.2) is 85.0 Å². The topological polar surface area (TPSA) is 35.5 Å². The quantitative estimate of drug-likeness (QED) is 0.184. The molecule has 3 aromatic carbocycles. The normalized spacial score (nSPS) is 10.5. The van der Waals surface area contributed by atoms with Gasteiger partial charge < -0.3 is 9.47 Å². The first-order valence-corrected chi connectivity index (χ1v) is 9.60. The molecule has 0 heterocycles. The largest absolute Gasteiger partial charge is 0.489 e. The number of ether oxygens (including phenoxy) is 2. The fourth-order valence-corrected chi connectivity index (χ4v) is 2.83. The lowest BCUT2D eigenvalue weighted by molar-refractivity contribution is -0.130. The van der Waals surface area contributed by atoms with E-state index in [0.29, 0.717) is 29.2 Å². The van der Waals surface area contributed by atoms with Crippen molar-refractivity contribution in [3.63, 3.8) is 0 Å². The zero-order valence-electron chi connectivity index (χ0n) is 17.4. The van der Waals surface area contributed by atoms with Gasteiger partial charge in [0.05, 0.1) is 0 Å². The second-order valence-electron chi connectivity index (χ2n) is 7.25. The van der Waals surface area contributed by atoms with E-state index < -0.39 is 17.6 Å². The minimum Gasteiger partial charge on any atom is -0.489 e. The Morgan fingerprint density at radius 1 is 0.774 bits per heavy atom. The van der Waals surface area contributed by atoms with Crippen molar-refractivity contribution >= 4 is 5.97 Å². The molecule has 31 heavy (non-hydrogen) atoms. The van der Waals surface area contributed by atoms with Gasteiger partial charge in [0.15, 0.2) is 11.6 Å². The lowest BCUT2D eigenvalue weighted by Gasteiger charge is -2.11. The zero-order chi connectivity index (χ0) is 22.5. The van der Waals surface area contributed by atoms with Crippen LogP contribution in [0.2, 0.25) is 0 Å². The summed E-state index contributed by atoms with van der Waals surface area (Å²) in [7, 11) is 0. The number of hydrogen-bond acceptors (Lipinski definition) is 3. The molecule has 0 spiro atoms. The molecule has 3 rings (SSSR count). The maximum atomic E-state index is 14.8. The van der Waals surface area contributed by atoms with Crippen molar-refractivity contribution in [2.45, 2.75) is 13.8 Å². The van der Waals surface area contributed by atoms with Crippen LogP contribution in [-0.2, 0) is 4.79 Å². The summed E-state index contributed by atoms with van der Waals surface area (Å²) < 4.78 is 40.3. The third kappa shape index (κ3) is 5.25. The molecule has 0 radical (unpaired) electrons. The summed E-state index contributed by atoms with van der Waals surface area (Å²) in [5.41, 5.74) is 2.41. The summed E-state index contributed by atoms with van der Waals surface area (Å²) in [6.07, 6.45) is 0. The van der Waals surface area contributed by atoms with Gasteiger partial charge in [-0.2, -0.15) is 0 Å². The summed E-state index contributed by atoms with van der Waals surface area (Å²) in [6.45, 7) is 11.1. The van der Waals surface area contributed by atoms with Crippen LogP contribution in [0.5, 0.6) is 11.5 Å². The van der Waals surface area contributed by atoms with Gasteiger partial charge in [-0.25, -0.2) is 13.6 Å². The first kappa shape index (κ1) is 22.0. The molecule has 158 valence electrons. The molecule has 0 aliphatic carbocycles. The second-order valence-corrected chi connectivity index (χ2v) is 7.25. The number of halogens is 2. The van der Waals surface area contributed by atoms with Crippen LogP contribution >= 0.6 is 0 Å². The van der Waals surface area contributed by atoms with Gasteiger partial charge in [0.2, 0.25) is 0 Å². The molecule has 0 atom stereocenters. The van der Waals surface area contributed by atoms with Gasteiger partial charge in [-0.05, 0) is 54.8 Å². The molecule has 0 amide bonds. The SMILES string of the molecule is C=C(C)COc1ccc(-c2ccc(-c3ccc(OC(=O)C(=C)C)cc3)c(F)c2F)cc1. The molecule has 0 unspecified atom stereocenters. The summed E-state index contributed by atoms with van der Waals surface area (Å²) in [5.74, 6) is -1.53. The Bertz CT molecular complexity index is 1130. The highest BCUT2D eigenvalue weighted by Gasteiger charge is 2.16. The van der Waals surface area contributed by atoms with Gasteiger partial charge in [-0.1, -0.05) is 49.6 Å². The minimum atomic E-state index is -0.952. The van der Waals surface area contributed by atoms with Crippen molar-refractivity contribution < 1.29 is 23.0 Å². The van der Waals surface area contributed by atoms with Crippen molar-refractivity contribution in [3.05, 3.63) is 96.6 Å². The fraction of sp³-hybridized carbons (Fsp3) is 0.115. The number of carbonyl (C=O) groups excluding carboxylic acids is 1. The highest BCUT2D eigenvalue weighted by atomic mass is 19.2. The molecule has 0 saturated carbocycles. The van der Waals surface area contributed by atoms with Crippen molar-refractivity contribution in [3.8, 4) is 33.8 Å². The molecule has 0 N–H and O–H groups in total. The number of esters is 1. The van der Waals surface area contributed by atoms with E-state index in [0.717, 1.165) is 5.57 Å². The van der Waals surface area contributed by atoms with Gasteiger partial charge in [-0.3, -0.25) is 0 Å². The molecular weight excluding hydrogens is 398 g/mol. The summed E-state index contributed by atoms with van der Waals surface area (Å²) in [4.78, 5) is 11.6. The van der Waals surface area contributed by atoms with E-state index in [1.54, 1.807) is 43.3 Å². The smallest absolute Gasteiger partial charge is 0.338 e. The predicted octanol–water partition coefficient (Wildman–Crippen LogP) is 6.74. The lowest BCUT2D eigenvalue weighted by Crippen LogP contribution is -2.07. The maximum absolute atomic E-state index is 14.8. The molecule has 5 heteroatoms. The Balaban J connectivity index is 1.83. The van der Waals surface area contributed by atoms with E-state index in [4.69, 9.17) is 9.47 Å². The molecule has 0 bridgehead atoms. The van der Waals surface area contributed by atoms with E-state index in [9.17, 15) is 13.6 Å². The van der Waals surface area contributed by atoms with Crippen LogP contribution in [-0.4, -0.2) is 12.6 Å². The van der Waals surface area contributed by atoms with Crippen LogP contribution < -0.4 is 9.47 Å². The third-order valence-corrected chi connectivity index (χ3v) is 4.46.